The first-order valence-electron chi connectivity index (χ1n) is 12.3. The Labute approximate surface area is 237 Å². The molecule has 1 aromatic heterocycles. The molecule has 1 aliphatic heterocycles. The number of nitrogens with zero attached hydrogens (tertiary/aromatic N) is 2. The van der Waals surface area contributed by atoms with E-state index in [9.17, 15) is 48.0 Å². The van der Waals surface area contributed by atoms with Gasteiger partial charge in [-0.3, -0.25) is 9.78 Å². The third kappa shape index (κ3) is 6.60. The Bertz CT molecular complexity index is 1660. The smallest absolute Gasteiger partial charge is 0.338 e. The highest BCUT2D eigenvalue weighted by Crippen LogP contribution is 2.36. The largest absolute Gasteiger partial charge is 0.417 e. The first-order chi connectivity index (χ1) is 19.6. The van der Waals surface area contributed by atoms with Gasteiger partial charge in [0.25, 0.3) is 5.91 Å². The highest BCUT2D eigenvalue weighted by atomic mass is 32.2. The van der Waals surface area contributed by atoms with Crippen molar-refractivity contribution in [1.29, 1.82) is 0 Å². The zero-order valence-electron chi connectivity index (χ0n) is 21.5. The molecule has 1 aliphatic rings. The number of alkyl halides is 6. The molecule has 8 nitrogen and oxygen atoms in total. The molecule has 1 saturated heterocycles. The first-order valence-corrected chi connectivity index (χ1v) is 15.3. The molecule has 1 amide bonds. The molecule has 42 heavy (non-hydrogen) atoms. The summed E-state index contributed by atoms with van der Waals surface area (Å²) < 4.78 is 135. The molecule has 0 radical (unpaired) electrons. The summed E-state index contributed by atoms with van der Waals surface area (Å²) in [5.74, 6) is -4.42. The number of piperidine rings is 1. The second-order valence-electron chi connectivity index (χ2n) is 9.43. The third-order valence-electron chi connectivity index (χ3n) is 6.57. The highest BCUT2D eigenvalue weighted by Gasteiger charge is 2.39. The van der Waals surface area contributed by atoms with Crippen LogP contribution in [0.1, 0.15) is 34.5 Å². The number of nitrogens with one attached hydrogen (secondary N) is 1. The van der Waals surface area contributed by atoms with Crippen LogP contribution in [0.15, 0.2) is 81.5 Å². The lowest BCUT2D eigenvalue weighted by molar-refractivity contribution is -0.140. The molecule has 0 unspecified atom stereocenters. The minimum Gasteiger partial charge on any atom is -0.338 e. The van der Waals surface area contributed by atoms with E-state index in [4.69, 9.17) is 0 Å². The normalized spacial score (nSPS) is 15.5. The minimum atomic E-state index is -5.12. The van der Waals surface area contributed by atoms with Crippen LogP contribution >= 0.6 is 0 Å². The Kier molecular flexibility index (Phi) is 8.72. The average molecular weight is 636 g/mol. The van der Waals surface area contributed by atoms with Gasteiger partial charge in [-0.1, -0.05) is 18.2 Å². The van der Waals surface area contributed by atoms with Crippen molar-refractivity contribution in [3.63, 3.8) is 0 Å². The van der Waals surface area contributed by atoms with Gasteiger partial charge in [0.05, 0.1) is 25.8 Å². The number of aromatic nitrogens is 1. The maximum Gasteiger partial charge on any atom is 0.417 e. The fourth-order valence-corrected chi connectivity index (χ4v) is 7.27. The standard InChI is InChI=1S/C26H23F6N3O5S2/c27-16-25(28,29)23-9-6-17(15-33-23)24(36)35-12-10-18(11-13-35)34-42(39,40)22-14-20(7-8-21(22)26(30,31)32)41(37,38)19-4-2-1-3-5-19/h1-9,14-15,18,34H,10-13,16H2. The van der Waals surface area contributed by atoms with E-state index < -0.39 is 71.6 Å². The van der Waals surface area contributed by atoms with E-state index >= 15 is 0 Å². The van der Waals surface area contributed by atoms with Crippen molar-refractivity contribution in [1.82, 2.24) is 14.6 Å². The predicted octanol–water partition coefficient (Wildman–Crippen LogP) is 4.58. The quantitative estimate of drug-likeness (QED) is 0.363. The number of carbonyl (C=O) groups is 1. The summed E-state index contributed by atoms with van der Waals surface area (Å²) in [7, 11) is -9.24. The summed E-state index contributed by atoms with van der Waals surface area (Å²) in [5, 5.41) is 0. The Morgan fingerprint density at radius 3 is 2.10 bits per heavy atom. The summed E-state index contributed by atoms with van der Waals surface area (Å²) in [5.41, 5.74) is -2.48. The number of pyridine rings is 1. The molecular weight excluding hydrogens is 612 g/mol. The van der Waals surface area contributed by atoms with Crippen LogP contribution in [0.5, 0.6) is 0 Å². The molecule has 0 saturated carbocycles. The SMILES string of the molecule is O=C(c1ccc(C(F)(F)CF)nc1)N1CCC(NS(=O)(=O)c2cc(S(=O)(=O)c3ccccc3)ccc2C(F)(F)F)CC1. The van der Waals surface area contributed by atoms with Crippen molar-refractivity contribution in [3.05, 3.63) is 83.7 Å². The van der Waals surface area contributed by atoms with E-state index in [1.165, 1.54) is 35.2 Å². The van der Waals surface area contributed by atoms with Crippen LogP contribution in [0.25, 0.3) is 0 Å². The zero-order chi connectivity index (χ0) is 30.9. The van der Waals surface area contributed by atoms with Crippen LogP contribution in [-0.4, -0.2) is 58.4 Å². The number of rotatable bonds is 8. The molecule has 3 aromatic rings. The van der Waals surface area contributed by atoms with Crippen LogP contribution in [0.4, 0.5) is 26.3 Å². The number of amides is 1. The molecule has 0 atom stereocenters. The van der Waals surface area contributed by atoms with Gasteiger partial charge in [-0.2, -0.15) is 22.0 Å². The molecule has 0 aliphatic carbocycles. The Morgan fingerprint density at radius 1 is 0.905 bits per heavy atom. The number of hydrogen-bond acceptors (Lipinski definition) is 6. The van der Waals surface area contributed by atoms with E-state index in [2.05, 4.69) is 9.71 Å². The molecule has 2 heterocycles. The minimum absolute atomic E-state index is 0.0141. The van der Waals surface area contributed by atoms with E-state index in [-0.39, 0.29) is 36.4 Å². The molecular formula is C26H23F6N3O5S2. The molecule has 2 aromatic carbocycles. The molecule has 16 heteroatoms. The Morgan fingerprint density at radius 2 is 1.55 bits per heavy atom. The van der Waals surface area contributed by atoms with Crippen molar-refractivity contribution in [2.75, 3.05) is 19.8 Å². The summed E-state index contributed by atoms with van der Waals surface area (Å²) in [6.07, 6.45) is -4.28. The zero-order valence-corrected chi connectivity index (χ0v) is 23.1. The van der Waals surface area contributed by atoms with Crippen LogP contribution in [-0.2, 0) is 32.0 Å². The van der Waals surface area contributed by atoms with Crippen molar-refractivity contribution in [2.24, 2.45) is 0 Å². The fourth-order valence-electron chi connectivity index (χ4n) is 4.33. The lowest BCUT2D eigenvalue weighted by atomic mass is 10.1. The van der Waals surface area contributed by atoms with Gasteiger partial charge in [-0.25, -0.2) is 25.9 Å². The summed E-state index contributed by atoms with van der Waals surface area (Å²) in [6, 6.07) is 9.31. The van der Waals surface area contributed by atoms with E-state index in [0.29, 0.717) is 18.2 Å². The molecule has 1 N–H and O–H groups in total. The number of sulfonamides is 1. The number of likely N-dealkylation sites (tertiary alicyclic amines) is 1. The lowest BCUT2D eigenvalue weighted by Crippen LogP contribution is -2.46. The second-order valence-corrected chi connectivity index (χ2v) is 13.1. The molecule has 4 rings (SSSR count). The first kappa shape index (κ1) is 31.4. The van der Waals surface area contributed by atoms with Crippen molar-refractivity contribution >= 4 is 25.8 Å². The van der Waals surface area contributed by atoms with E-state index in [0.717, 1.165) is 18.3 Å². The van der Waals surface area contributed by atoms with Crippen LogP contribution in [0, 0.1) is 0 Å². The topological polar surface area (TPSA) is 114 Å². The number of hydrogen-bond donors (Lipinski definition) is 1. The number of benzene rings is 2. The van der Waals surface area contributed by atoms with Gasteiger partial charge in [0, 0.05) is 25.3 Å². The molecule has 226 valence electrons. The third-order valence-corrected chi connectivity index (χ3v) is 9.90. The van der Waals surface area contributed by atoms with Crippen LogP contribution < -0.4 is 4.72 Å². The van der Waals surface area contributed by atoms with Gasteiger partial charge < -0.3 is 4.90 Å². The van der Waals surface area contributed by atoms with Gasteiger partial charge >= 0.3 is 12.1 Å². The van der Waals surface area contributed by atoms with Gasteiger partial charge in [0.1, 0.15) is 5.69 Å². The maximum absolute atomic E-state index is 13.8. The summed E-state index contributed by atoms with van der Waals surface area (Å²) in [6.45, 7) is -2.04. The van der Waals surface area contributed by atoms with E-state index in [1.54, 1.807) is 0 Å². The summed E-state index contributed by atoms with van der Waals surface area (Å²) >= 11 is 0. The van der Waals surface area contributed by atoms with Crippen LogP contribution in [0.2, 0.25) is 0 Å². The second kappa shape index (κ2) is 11.6. The van der Waals surface area contributed by atoms with Gasteiger partial charge in [0.2, 0.25) is 19.9 Å². The molecule has 1 fully saturated rings. The molecule has 0 spiro atoms. The number of halogens is 6. The fraction of sp³-hybridized carbons (Fsp3) is 0.308. The maximum atomic E-state index is 13.8. The van der Waals surface area contributed by atoms with Crippen LogP contribution in [0.3, 0.4) is 0 Å². The van der Waals surface area contributed by atoms with Crippen molar-refractivity contribution in [3.8, 4) is 0 Å². The number of carbonyl (C=O) groups excluding carboxylic acids is 1. The van der Waals surface area contributed by atoms with Crippen molar-refractivity contribution in [2.45, 2.75) is 45.7 Å². The highest BCUT2D eigenvalue weighted by molar-refractivity contribution is 7.91. The monoisotopic (exact) mass is 635 g/mol. The predicted molar refractivity (Wildman–Crippen MR) is 137 cm³/mol. The number of sulfone groups is 1. The Hall–Kier alpha value is -3.50. The van der Waals surface area contributed by atoms with Gasteiger partial charge in [-0.05, 0) is 55.3 Å². The van der Waals surface area contributed by atoms with Gasteiger partial charge in [0.15, 0.2) is 6.67 Å². The molecule has 0 bridgehead atoms. The lowest BCUT2D eigenvalue weighted by Gasteiger charge is -2.32. The van der Waals surface area contributed by atoms with E-state index in [1.807, 2.05) is 0 Å². The Balaban J connectivity index is 1.51. The van der Waals surface area contributed by atoms with Crippen molar-refractivity contribution < 1.29 is 48.0 Å². The summed E-state index contributed by atoms with van der Waals surface area (Å²) in [4.78, 5) is 15.3. The van der Waals surface area contributed by atoms with Gasteiger partial charge in [-0.15, -0.1) is 0 Å². The average Bonchev–Trinajstić information content (AvgIpc) is 2.96.